The van der Waals surface area contributed by atoms with Gasteiger partial charge in [0.05, 0.1) is 24.9 Å². The molecule has 0 bridgehead atoms. The maximum absolute atomic E-state index is 12.3. The summed E-state index contributed by atoms with van der Waals surface area (Å²) in [6.07, 6.45) is 1.58. The predicted molar refractivity (Wildman–Crippen MR) is 95.9 cm³/mol. The van der Waals surface area contributed by atoms with Gasteiger partial charge in [-0.25, -0.2) is 9.48 Å². The molecular weight excluding hydrogens is 332 g/mol. The van der Waals surface area contributed by atoms with Gasteiger partial charge >= 0.3 is 5.97 Å². The molecule has 7 heteroatoms. The number of amides is 1. The quantitative estimate of drug-likeness (QED) is 0.691. The molecule has 1 aromatic heterocycles. The largest absolute Gasteiger partial charge is 0.462 e. The highest BCUT2D eigenvalue weighted by Gasteiger charge is 2.13. The highest BCUT2D eigenvalue weighted by molar-refractivity contribution is 6.03. The van der Waals surface area contributed by atoms with Crippen molar-refractivity contribution in [1.82, 2.24) is 15.0 Å². The topological polar surface area (TPSA) is 86.1 Å². The van der Waals surface area contributed by atoms with Gasteiger partial charge < -0.3 is 10.1 Å². The van der Waals surface area contributed by atoms with E-state index in [2.05, 4.69) is 15.6 Å². The molecule has 0 radical (unpaired) electrons. The maximum atomic E-state index is 12.3. The Kier molecular flexibility index (Phi) is 5.38. The zero-order valence-electron chi connectivity index (χ0n) is 14.3. The number of benzene rings is 2. The average molecular weight is 350 g/mol. The first-order valence-electron chi connectivity index (χ1n) is 8.18. The minimum Gasteiger partial charge on any atom is -0.462 e. The Morgan fingerprint density at radius 3 is 2.69 bits per heavy atom. The van der Waals surface area contributed by atoms with Crippen LogP contribution in [0.25, 0.3) is 0 Å². The molecule has 1 amide bonds. The molecule has 26 heavy (non-hydrogen) atoms. The van der Waals surface area contributed by atoms with Gasteiger partial charge in [-0.1, -0.05) is 41.6 Å². The number of carbonyl (C=O) groups is 2. The van der Waals surface area contributed by atoms with E-state index in [0.29, 0.717) is 24.4 Å². The molecule has 132 valence electrons. The van der Waals surface area contributed by atoms with Crippen LogP contribution in [0.1, 0.15) is 33.3 Å². The lowest BCUT2D eigenvalue weighted by Gasteiger charge is -2.06. The van der Waals surface area contributed by atoms with Gasteiger partial charge in [0, 0.05) is 5.69 Å². The summed E-state index contributed by atoms with van der Waals surface area (Å²) < 4.78 is 6.55. The van der Waals surface area contributed by atoms with Gasteiger partial charge in [-0.15, -0.1) is 5.10 Å². The van der Waals surface area contributed by atoms with Crippen LogP contribution in [0.4, 0.5) is 5.69 Å². The van der Waals surface area contributed by atoms with Gasteiger partial charge in [-0.3, -0.25) is 4.79 Å². The molecule has 1 heterocycles. The lowest BCUT2D eigenvalue weighted by atomic mass is 10.2. The zero-order chi connectivity index (χ0) is 18.4. The van der Waals surface area contributed by atoms with Crippen molar-refractivity contribution in [3.05, 3.63) is 77.6 Å². The van der Waals surface area contributed by atoms with Crippen molar-refractivity contribution >= 4 is 17.6 Å². The Bertz CT molecular complexity index is 906. The molecule has 0 saturated carbocycles. The molecule has 3 rings (SSSR count). The number of nitrogens with one attached hydrogen (secondary N) is 1. The number of esters is 1. The van der Waals surface area contributed by atoms with Crippen molar-refractivity contribution in [3.63, 3.8) is 0 Å². The highest BCUT2D eigenvalue weighted by atomic mass is 16.5. The predicted octanol–water partition coefficient (Wildman–Crippen LogP) is 2.76. The van der Waals surface area contributed by atoms with Crippen LogP contribution in [0.5, 0.6) is 0 Å². The number of nitrogens with zero attached hydrogens (tertiary/aromatic N) is 3. The number of aromatic nitrogens is 3. The van der Waals surface area contributed by atoms with E-state index < -0.39 is 11.9 Å². The second-order valence-electron chi connectivity index (χ2n) is 5.54. The van der Waals surface area contributed by atoms with Crippen LogP contribution < -0.4 is 5.32 Å². The first-order chi connectivity index (χ1) is 12.7. The van der Waals surface area contributed by atoms with E-state index in [9.17, 15) is 9.59 Å². The maximum Gasteiger partial charge on any atom is 0.338 e. The molecule has 7 nitrogen and oxygen atoms in total. The van der Waals surface area contributed by atoms with E-state index in [1.54, 1.807) is 42.1 Å². The van der Waals surface area contributed by atoms with E-state index in [-0.39, 0.29) is 5.69 Å². The van der Waals surface area contributed by atoms with Crippen LogP contribution in [0.3, 0.4) is 0 Å². The number of rotatable bonds is 6. The minimum absolute atomic E-state index is 0.197. The average Bonchev–Trinajstić information content (AvgIpc) is 3.12. The lowest BCUT2D eigenvalue weighted by Crippen LogP contribution is -2.13. The number of carbonyl (C=O) groups excluding carboxylic acids is 2. The number of hydrogen-bond donors (Lipinski definition) is 1. The summed E-state index contributed by atoms with van der Waals surface area (Å²) in [6, 6.07) is 16.3. The van der Waals surface area contributed by atoms with E-state index >= 15 is 0 Å². The van der Waals surface area contributed by atoms with Crippen LogP contribution >= 0.6 is 0 Å². The summed E-state index contributed by atoms with van der Waals surface area (Å²) in [5, 5.41) is 10.6. The van der Waals surface area contributed by atoms with Crippen LogP contribution in [0.2, 0.25) is 0 Å². The number of ether oxygens (including phenoxy) is 1. The molecule has 0 fully saturated rings. The summed E-state index contributed by atoms with van der Waals surface area (Å²) >= 11 is 0. The van der Waals surface area contributed by atoms with Gasteiger partial charge in [0.1, 0.15) is 0 Å². The standard InChI is InChI=1S/C19H18N4O3/c1-2-26-19(25)15-9-6-10-16(11-15)20-18(24)17-13-23(22-21-17)12-14-7-4-3-5-8-14/h3-11,13H,2,12H2,1H3,(H,20,24). The van der Waals surface area contributed by atoms with Crippen LogP contribution in [0.15, 0.2) is 60.8 Å². The van der Waals surface area contributed by atoms with Crippen LogP contribution in [-0.4, -0.2) is 33.5 Å². The molecule has 0 spiro atoms. The van der Waals surface area contributed by atoms with Crippen molar-refractivity contribution < 1.29 is 14.3 Å². The van der Waals surface area contributed by atoms with Crippen molar-refractivity contribution in [2.45, 2.75) is 13.5 Å². The van der Waals surface area contributed by atoms with Gasteiger partial charge in [-0.05, 0) is 30.7 Å². The summed E-state index contributed by atoms with van der Waals surface area (Å²) in [5.74, 6) is -0.831. The van der Waals surface area contributed by atoms with E-state index in [0.717, 1.165) is 5.56 Å². The first kappa shape index (κ1) is 17.3. The second-order valence-corrected chi connectivity index (χ2v) is 5.54. The molecule has 0 aliphatic rings. The fourth-order valence-electron chi connectivity index (χ4n) is 2.38. The van der Waals surface area contributed by atoms with Crippen LogP contribution in [-0.2, 0) is 11.3 Å². The molecule has 0 saturated heterocycles. The van der Waals surface area contributed by atoms with Gasteiger partial charge in [-0.2, -0.15) is 0 Å². The Hall–Kier alpha value is -3.48. The molecule has 2 aromatic carbocycles. The highest BCUT2D eigenvalue weighted by Crippen LogP contribution is 2.13. The lowest BCUT2D eigenvalue weighted by molar-refractivity contribution is 0.0526. The van der Waals surface area contributed by atoms with Gasteiger partial charge in [0.2, 0.25) is 0 Å². The summed E-state index contributed by atoms with van der Waals surface area (Å²) in [5.41, 5.74) is 2.12. The molecular formula is C19H18N4O3. The monoisotopic (exact) mass is 350 g/mol. The SMILES string of the molecule is CCOC(=O)c1cccc(NC(=O)c2cn(Cc3ccccc3)nn2)c1. The molecule has 1 N–H and O–H groups in total. The third-order valence-electron chi connectivity index (χ3n) is 3.59. The normalized spacial score (nSPS) is 10.3. The molecule has 0 atom stereocenters. The van der Waals surface area contributed by atoms with Crippen molar-refractivity contribution in [2.75, 3.05) is 11.9 Å². The molecule has 0 unspecified atom stereocenters. The third-order valence-corrected chi connectivity index (χ3v) is 3.59. The molecule has 0 aliphatic carbocycles. The third kappa shape index (κ3) is 4.32. The zero-order valence-corrected chi connectivity index (χ0v) is 14.3. The Morgan fingerprint density at radius 1 is 1.12 bits per heavy atom. The van der Waals surface area contributed by atoms with Gasteiger partial charge in [0.25, 0.3) is 5.91 Å². The molecule has 3 aromatic rings. The fraction of sp³-hybridized carbons (Fsp3) is 0.158. The van der Waals surface area contributed by atoms with Crippen LogP contribution in [0, 0.1) is 0 Å². The van der Waals surface area contributed by atoms with Crippen molar-refractivity contribution in [1.29, 1.82) is 0 Å². The number of anilines is 1. The second kappa shape index (κ2) is 8.06. The minimum atomic E-state index is -0.433. The Labute approximate surface area is 150 Å². The van der Waals surface area contributed by atoms with E-state index in [1.807, 2.05) is 30.3 Å². The molecule has 0 aliphatic heterocycles. The van der Waals surface area contributed by atoms with E-state index in [4.69, 9.17) is 4.74 Å². The summed E-state index contributed by atoms with van der Waals surface area (Å²) in [6.45, 7) is 2.56. The van der Waals surface area contributed by atoms with Crippen molar-refractivity contribution in [3.8, 4) is 0 Å². The van der Waals surface area contributed by atoms with Gasteiger partial charge in [0.15, 0.2) is 5.69 Å². The van der Waals surface area contributed by atoms with E-state index in [1.165, 1.54) is 0 Å². The Morgan fingerprint density at radius 2 is 1.92 bits per heavy atom. The summed E-state index contributed by atoms with van der Waals surface area (Å²) in [4.78, 5) is 24.1. The Balaban J connectivity index is 1.67. The number of hydrogen-bond acceptors (Lipinski definition) is 5. The summed E-state index contributed by atoms with van der Waals surface area (Å²) in [7, 11) is 0. The fourth-order valence-corrected chi connectivity index (χ4v) is 2.38. The van der Waals surface area contributed by atoms with Crippen molar-refractivity contribution in [2.24, 2.45) is 0 Å². The smallest absolute Gasteiger partial charge is 0.338 e. The first-order valence-corrected chi connectivity index (χ1v) is 8.18.